The molecule has 1 heterocycles. The van der Waals surface area contributed by atoms with Crippen LogP contribution in [0.3, 0.4) is 0 Å². The van der Waals surface area contributed by atoms with Gasteiger partial charge in [-0.05, 0) is 30.7 Å². The first-order valence-corrected chi connectivity index (χ1v) is 9.33. The van der Waals surface area contributed by atoms with E-state index in [2.05, 4.69) is 31.3 Å². The number of nitrogens with zero attached hydrogens (tertiary/aromatic N) is 1. The quantitative estimate of drug-likeness (QED) is 0.833. The molecular formula is C20H32N2O2. The van der Waals surface area contributed by atoms with Gasteiger partial charge in [0.05, 0.1) is 0 Å². The number of amides is 2. The van der Waals surface area contributed by atoms with Crippen molar-refractivity contribution in [1.29, 1.82) is 0 Å². The van der Waals surface area contributed by atoms with Gasteiger partial charge in [0, 0.05) is 31.7 Å². The summed E-state index contributed by atoms with van der Waals surface area (Å²) in [5, 5.41) is 12.5. The topological polar surface area (TPSA) is 52.6 Å². The Morgan fingerprint density at radius 3 is 2.67 bits per heavy atom. The van der Waals surface area contributed by atoms with Crippen LogP contribution >= 0.6 is 0 Å². The van der Waals surface area contributed by atoms with Gasteiger partial charge in [-0.1, -0.05) is 57.0 Å². The molecule has 4 heteroatoms. The lowest BCUT2D eigenvalue weighted by molar-refractivity contribution is 0.155. The van der Waals surface area contributed by atoms with E-state index in [9.17, 15) is 9.90 Å². The molecule has 2 N–H and O–H groups in total. The molecule has 0 bridgehead atoms. The van der Waals surface area contributed by atoms with E-state index in [0.29, 0.717) is 24.9 Å². The molecule has 2 amide bonds. The van der Waals surface area contributed by atoms with Gasteiger partial charge >= 0.3 is 6.03 Å². The summed E-state index contributed by atoms with van der Waals surface area (Å²) in [6.07, 6.45) is 5.28. The van der Waals surface area contributed by atoms with Gasteiger partial charge in [0.25, 0.3) is 0 Å². The molecule has 2 unspecified atom stereocenters. The number of rotatable bonds is 6. The van der Waals surface area contributed by atoms with Crippen LogP contribution in [0.15, 0.2) is 30.3 Å². The first kappa shape index (κ1) is 18.8. The average molecular weight is 332 g/mol. The third-order valence-electron chi connectivity index (χ3n) is 5.08. The second-order valence-electron chi connectivity index (χ2n) is 7.16. The van der Waals surface area contributed by atoms with E-state index >= 15 is 0 Å². The molecule has 0 aromatic heterocycles. The molecule has 0 spiro atoms. The highest BCUT2D eigenvalue weighted by Gasteiger charge is 2.27. The van der Waals surface area contributed by atoms with E-state index in [4.69, 9.17) is 0 Å². The van der Waals surface area contributed by atoms with Crippen LogP contribution in [0, 0.1) is 5.92 Å². The van der Waals surface area contributed by atoms with Gasteiger partial charge in [0.2, 0.25) is 0 Å². The summed E-state index contributed by atoms with van der Waals surface area (Å²) in [6, 6.07) is 10.5. The zero-order valence-electron chi connectivity index (χ0n) is 15.1. The molecular weight excluding hydrogens is 300 g/mol. The van der Waals surface area contributed by atoms with Gasteiger partial charge < -0.3 is 15.3 Å². The Balaban J connectivity index is 1.98. The summed E-state index contributed by atoms with van der Waals surface area (Å²) in [4.78, 5) is 14.8. The van der Waals surface area contributed by atoms with Crippen LogP contribution in [-0.2, 0) is 0 Å². The molecule has 1 aliphatic heterocycles. The normalized spacial score (nSPS) is 19.8. The molecule has 24 heavy (non-hydrogen) atoms. The number of hydrogen-bond acceptors (Lipinski definition) is 2. The van der Waals surface area contributed by atoms with Crippen molar-refractivity contribution in [3.8, 4) is 0 Å². The zero-order chi connectivity index (χ0) is 17.4. The second kappa shape index (κ2) is 9.67. The number of carbonyl (C=O) groups excluding carboxylic acids is 1. The van der Waals surface area contributed by atoms with Crippen molar-refractivity contribution in [2.24, 2.45) is 5.92 Å². The Labute approximate surface area is 146 Å². The van der Waals surface area contributed by atoms with E-state index in [0.717, 1.165) is 19.4 Å². The van der Waals surface area contributed by atoms with Crippen molar-refractivity contribution in [3.05, 3.63) is 35.9 Å². The number of benzene rings is 1. The Morgan fingerprint density at radius 1 is 1.25 bits per heavy atom. The molecule has 1 fully saturated rings. The lowest BCUT2D eigenvalue weighted by atomic mass is 9.96. The third kappa shape index (κ3) is 5.23. The number of likely N-dealkylation sites (tertiary alicyclic amines) is 1. The van der Waals surface area contributed by atoms with Gasteiger partial charge in [-0.2, -0.15) is 0 Å². The second-order valence-corrected chi connectivity index (χ2v) is 7.16. The van der Waals surface area contributed by atoms with Crippen LogP contribution in [0.2, 0.25) is 0 Å². The van der Waals surface area contributed by atoms with Crippen LogP contribution in [0.4, 0.5) is 4.79 Å². The number of urea groups is 1. The summed E-state index contributed by atoms with van der Waals surface area (Å²) in [7, 11) is 0. The van der Waals surface area contributed by atoms with Crippen molar-refractivity contribution < 1.29 is 9.90 Å². The highest BCUT2D eigenvalue weighted by atomic mass is 16.3. The predicted molar refractivity (Wildman–Crippen MR) is 98.1 cm³/mol. The third-order valence-corrected chi connectivity index (χ3v) is 5.08. The smallest absolute Gasteiger partial charge is 0.317 e. The van der Waals surface area contributed by atoms with Crippen molar-refractivity contribution in [2.75, 3.05) is 19.7 Å². The number of carbonyl (C=O) groups is 1. The van der Waals surface area contributed by atoms with E-state index in [1.807, 2.05) is 23.1 Å². The molecule has 0 saturated carbocycles. The molecule has 1 aromatic rings. The minimum Gasteiger partial charge on any atom is -0.396 e. The highest BCUT2D eigenvalue weighted by Crippen LogP contribution is 2.23. The van der Waals surface area contributed by atoms with Crippen LogP contribution < -0.4 is 5.32 Å². The summed E-state index contributed by atoms with van der Waals surface area (Å²) < 4.78 is 0. The fraction of sp³-hybridized carbons (Fsp3) is 0.650. The Kier molecular flexibility index (Phi) is 7.57. The molecule has 2 atom stereocenters. The molecule has 1 aromatic carbocycles. The Bertz CT molecular complexity index is 490. The molecule has 0 radical (unpaired) electrons. The van der Waals surface area contributed by atoms with Crippen LogP contribution in [0.1, 0.15) is 57.4 Å². The number of hydrogen-bond donors (Lipinski definition) is 2. The summed E-state index contributed by atoms with van der Waals surface area (Å²) in [6.45, 7) is 5.97. The Hall–Kier alpha value is -1.55. The first-order valence-electron chi connectivity index (χ1n) is 9.33. The maximum atomic E-state index is 12.8. The van der Waals surface area contributed by atoms with Crippen molar-refractivity contribution >= 4 is 6.03 Å². The van der Waals surface area contributed by atoms with E-state index in [1.54, 1.807) is 0 Å². The van der Waals surface area contributed by atoms with Gasteiger partial charge in [-0.15, -0.1) is 0 Å². The standard InChI is InChI=1S/C20H32N2O2/c1-16(2)19-11-7-4-8-13-22(19)20(24)21-15-18(12-14-23)17-9-5-3-6-10-17/h3,5-6,9-10,16,18-19,23H,4,7-8,11-15H2,1-2H3,(H,21,24). The molecule has 2 rings (SSSR count). The van der Waals surface area contributed by atoms with E-state index < -0.39 is 0 Å². The van der Waals surface area contributed by atoms with E-state index in [-0.39, 0.29) is 18.6 Å². The fourth-order valence-electron chi connectivity index (χ4n) is 3.66. The summed E-state index contributed by atoms with van der Waals surface area (Å²) >= 11 is 0. The Morgan fingerprint density at radius 2 is 2.00 bits per heavy atom. The summed E-state index contributed by atoms with van der Waals surface area (Å²) in [5.74, 6) is 0.640. The number of nitrogens with one attached hydrogen (secondary N) is 1. The van der Waals surface area contributed by atoms with Gasteiger partial charge in [0.1, 0.15) is 0 Å². The number of aliphatic hydroxyl groups is 1. The lowest BCUT2D eigenvalue weighted by Gasteiger charge is -2.33. The molecule has 1 saturated heterocycles. The minimum atomic E-state index is 0.0504. The predicted octanol–water partition coefficient (Wildman–Crippen LogP) is 3.76. The SMILES string of the molecule is CC(C)C1CCCCCN1C(=O)NCC(CCO)c1ccccc1. The highest BCUT2D eigenvalue weighted by molar-refractivity contribution is 5.74. The molecule has 1 aliphatic rings. The van der Waals surface area contributed by atoms with Crippen LogP contribution in [0.5, 0.6) is 0 Å². The monoisotopic (exact) mass is 332 g/mol. The molecule has 0 aliphatic carbocycles. The minimum absolute atomic E-state index is 0.0504. The van der Waals surface area contributed by atoms with Gasteiger partial charge in [-0.25, -0.2) is 4.79 Å². The number of aliphatic hydroxyl groups excluding tert-OH is 1. The maximum absolute atomic E-state index is 12.8. The van der Waals surface area contributed by atoms with Crippen LogP contribution in [0.25, 0.3) is 0 Å². The van der Waals surface area contributed by atoms with Gasteiger partial charge in [-0.3, -0.25) is 0 Å². The first-order chi connectivity index (χ1) is 11.6. The fourth-order valence-corrected chi connectivity index (χ4v) is 3.66. The van der Waals surface area contributed by atoms with Crippen molar-refractivity contribution in [1.82, 2.24) is 10.2 Å². The molecule has 134 valence electrons. The maximum Gasteiger partial charge on any atom is 0.317 e. The van der Waals surface area contributed by atoms with Crippen LogP contribution in [-0.4, -0.2) is 41.8 Å². The lowest BCUT2D eigenvalue weighted by Crippen LogP contribution is -2.48. The van der Waals surface area contributed by atoms with E-state index in [1.165, 1.54) is 18.4 Å². The summed E-state index contributed by atoms with van der Waals surface area (Å²) in [5.41, 5.74) is 1.17. The average Bonchev–Trinajstić information content (AvgIpc) is 2.85. The molecule has 4 nitrogen and oxygen atoms in total. The van der Waals surface area contributed by atoms with Gasteiger partial charge in [0.15, 0.2) is 0 Å². The van der Waals surface area contributed by atoms with Crippen molar-refractivity contribution in [2.45, 2.75) is 57.9 Å². The van der Waals surface area contributed by atoms with Crippen molar-refractivity contribution in [3.63, 3.8) is 0 Å². The largest absolute Gasteiger partial charge is 0.396 e. The zero-order valence-corrected chi connectivity index (χ0v) is 15.1.